The molecule has 0 aromatic heterocycles. The van der Waals surface area contributed by atoms with E-state index in [1.165, 1.54) is 12.8 Å². The quantitative estimate of drug-likeness (QED) is 0.834. The molecule has 1 rings (SSSR count). The summed E-state index contributed by atoms with van der Waals surface area (Å²) >= 11 is 0. The van der Waals surface area contributed by atoms with Gasteiger partial charge in [-0.05, 0) is 31.6 Å². The molecule has 0 aromatic carbocycles. The van der Waals surface area contributed by atoms with Crippen LogP contribution in [0.15, 0.2) is 0 Å². The van der Waals surface area contributed by atoms with Gasteiger partial charge in [0, 0.05) is 33.1 Å². The first-order chi connectivity index (χ1) is 9.04. The van der Waals surface area contributed by atoms with Crippen LogP contribution < -0.4 is 0 Å². The zero-order valence-corrected chi connectivity index (χ0v) is 12.1. The van der Waals surface area contributed by atoms with Crippen molar-refractivity contribution in [3.05, 3.63) is 0 Å². The Kier molecular flexibility index (Phi) is 6.67. The summed E-state index contributed by atoms with van der Waals surface area (Å²) in [5, 5.41) is 8.59. The van der Waals surface area contributed by atoms with E-state index in [-0.39, 0.29) is 12.5 Å². The van der Waals surface area contributed by atoms with Gasteiger partial charge in [-0.3, -0.25) is 4.79 Å². The van der Waals surface area contributed by atoms with E-state index >= 15 is 0 Å². The number of hydrogen-bond donors (Lipinski definition) is 1. The molecule has 1 saturated heterocycles. The van der Waals surface area contributed by atoms with Crippen molar-refractivity contribution in [3.63, 3.8) is 0 Å². The standard InChI is InChI=1S/C14H26N2O3/c1-3-12-6-4-10-16(11-8-12)14(19)15(2)9-5-7-13(17)18/h12H,3-11H2,1-2H3,(H,17,18). The highest BCUT2D eigenvalue weighted by atomic mass is 16.4. The van der Waals surface area contributed by atoms with Gasteiger partial charge in [0.25, 0.3) is 0 Å². The summed E-state index contributed by atoms with van der Waals surface area (Å²) < 4.78 is 0. The van der Waals surface area contributed by atoms with Gasteiger partial charge in [-0.2, -0.15) is 0 Å². The molecule has 2 amide bonds. The summed E-state index contributed by atoms with van der Waals surface area (Å²) in [6.45, 7) is 4.39. The maximum atomic E-state index is 12.2. The van der Waals surface area contributed by atoms with Crippen molar-refractivity contribution in [2.45, 2.75) is 45.4 Å². The topological polar surface area (TPSA) is 60.9 Å². The molecule has 1 atom stereocenters. The number of likely N-dealkylation sites (tertiary alicyclic amines) is 1. The predicted molar refractivity (Wildman–Crippen MR) is 74.1 cm³/mol. The molecule has 5 nitrogen and oxygen atoms in total. The second-order valence-corrected chi connectivity index (χ2v) is 5.39. The Morgan fingerprint density at radius 1 is 1.32 bits per heavy atom. The van der Waals surface area contributed by atoms with Crippen LogP contribution in [0, 0.1) is 5.92 Å². The van der Waals surface area contributed by atoms with Crippen LogP contribution in [0.5, 0.6) is 0 Å². The van der Waals surface area contributed by atoms with Crippen molar-refractivity contribution >= 4 is 12.0 Å². The SMILES string of the molecule is CCC1CCCN(C(=O)N(C)CCCC(=O)O)CC1. The molecular weight excluding hydrogens is 244 g/mol. The lowest BCUT2D eigenvalue weighted by Crippen LogP contribution is -2.42. The minimum atomic E-state index is -0.804. The van der Waals surface area contributed by atoms with Crippen LogP contribution in [-0.2, 0) is 4.79 Å². The van der Waals surface area contributed by atoms with E-state index in [9.17, 15) is 9.59 Å². The molecule has 1 aliphatic rings. The normalized spacial score (nSPS) is 19.9. The highest BCUT2D eigenvalue weighted by molar-refractivity contribution is 5.74. The van der Waals surface area contributed by atoms with Gasteiger partial charge < -0.3 is 14.9 Å². The van der Waals surface area contributed by atoms with Crippen LogP contribution in [0.1, 0.15) is 45.4 Å². The number of aliphatic carboxylic acids is 1. The van der Waals surface area contributed by atoms with E-state index in [1.54, 1.807) is 11.9 Å². The van der Waals surface area contributed by atoms with E-state index in [1.807, 2.05) is 4.90 Å². The van der Waals surface area contributed by atoms with Crippen molar-refractivity contribution < 1.29 is 14.7 Å². The minimum absolute atomic E-state index is 0.0436. The zero-order chi connectivity index (χ0) is 14.3. The van der Waals surface area contributed by atoms with Gasteiger partial charge in [0.05, 0.1) is 0 Å². The van der Waals surface area contributed by atoms with E-state index < -0.39 is 5.97 Å². The Morgan fingerprint density at radius 3 is 2.68 bits per heavy atom. The number of carbonyl (C=O) groups is 2. The predicted octanol–water partition coefficient (Wildman–Crippen LogP) is 2.42. The lowest BCUT2D eigenvalue weighted by molar-refractivity contribution is -0.137. The largest absolute Gasteiger partial charge is 0.481 e. The molecule has 0 radical (unpaired) electrons. The van der Waals surface area contributed by atoms with Crippen molar-refractivity contribution in [2.24, 2.45) is 5.92 Å². The Labute approximate surface area is 115 Å². The van der Waals surface area contributed by atoms with E-state index in [4.69, 9.17) is 5.11 Å². The third-order valence-electron chi connectivity index (χ3n) is 3.91. The lowest BCUT2D eigenvalue weighted by Gasteiger charge is -2.27. The average Bonchev–Trinajstić information content (AvgIpc) is 2.62. The summed E-state index contributed by atoms with van der Waals surface area (Å²) in [7, 11) is 1.76. The zero-order valence-electron chi connectivity index (χ0n) is 12.1. The summed E-state index contributed by atoms with van der Waals surface area (Å²) in [6, 6.07) is 0.0436. The van der Waals surface area contributed by atoms with Crippen LogP contribution in [0.3, 0.4) is 0 Å². The minimum Gasteiger partial charge on any atom is -0.481 e. The van der Waals surface area contributed by atoms with Crippen LogP contribution >= 0.6 is 0 Å². The highest BCUT2D eigenvalue weighted by Gasteiger charge is 2.21. The van der Waals surface area contributed by atoms with Crippen LogP contribution in [0.4, 0.5) is 4.79 Å². The molecule has 19 heavy (non-hydrogen) atoms. The molecule has 0 spiro atoms. The summed E-state index contributed by atoms with van der Waals surface area (Å²) in [4.78, 5) is 26.2. The first-order valence-electron chi connectivity index (χ1n) is 7.26. The molecule has 1 aliphatic heterocycles. The fourth-order valence-corrected chi connectivity index (χ4v) is 2.57. The monoisotopic (exact) mass is 270 g/mol. The molecule has 110 valence electrons. The Hall–Kier alpha value is -1.26. The number of hydrogen-bond acceptors (Lipinski definition) is 2. The Bertz CT molecular complexity index is 307. The Balaban J connectivity index is 2.36. The number of nitrogens with zero attached hydrogens (tertiary/aromatic N) is 2. The second kappa shape index (κ2) is 8.02. The molecule has 0 bridgehead atoms. The third-order valence-corrected chi connectivity index (χ3v) is 3.91. The molecule has 1 heterocycles. The highest BCUT2D eigenvalue weighted by Crippen LogP contribution is 2.20. The molecule has 0 aliphatic carbocycles. The Morgan fingerprint density at radius 2 is 2.05 bits per heavy atom. The summed E-state index contributed by atoms with van der Waals surface area (Å²) in [5.41, 5.74) is 0. The van der Waals surface area contributed by atoms with Crippen molar-refractivity contribution in [3.8, 4) is 0 Å². The lowest BCUT2D eigenvalue weighted by atomic mass is 9.98. The number of carbonyl (C=O) groups excluding carboxylic acids is 1. The van der Waals surface area contributed by atoms with Gasteiger partial charge in [-0.25, -0.2) is 4.79 Å². The fraction of sp³-hybridized carbons (Fsp3) is 0.857. The first-order valence-corrected chi connectivity index (χ1v) is 7.26. The number of urea groups is 1. The molecule has 1 fully saturated rings. The van der Waals surface area contributed by atoms with Crippen molar-refractivity contribution in [1.82, 2.24) is 9.80 Å². The average molecular weight is 270 g/mol. The van der Waals surface area contributed by atoms with E-state index in [0.717, 1.165) is 31.8 Å². The number of carboxylic acid groups (broad SMARTS) is 1. The van der Waals surface area contributed by atoms with Crippen molar-refractivity contribution in [1.29, 1.82) is 0 Å². The first kappa shape index (κ1) is 15.8. The maximum Gasteiger partial charge on any atom is 0.319 e. The molecule has 0 saturated carbocycles. The van der Waals surface area contributed by atoms with E-state index in [0.29, 0.717) is 13.0 Å². The number of carboxylic acids is 1. The molecule has 1 N–H and O–H groups in total. The summed E-state index contributed by atoms with van der Waals surface area (Å²) in [6.07, 6.45) is 5.20. The van der Waals surface area contributed by atoms with Crippen LogP contribution in [-0.4, -0.2) is 53.6 Å². The number of rotatable bonds is 5. The molecule has 0 aromatic rings. The fourth-order valence-electron chi connectivity index (χ4n) is 2.57. The van der Waals surface area contributed by atoms with Gasteiger partial charge in [0.15, 0.2) is 0 Å². The summed E-state index contributed by atoms with van der Waals surface area (Å²) in [5.74, 6) is -0.0588. The smallest absolute Gasteiger partial charge is 0.319 e. The van der Waals surface area contributed by atoms with Gasteiger partial charge in [0.2, 0.25) is 0 Å². The van der Waals surface area contributed by atoms with Crippen LogP contribution in [0.2, 0.25) is 0 Å². The van der Waals surface area contributed by atoms with Crippen LogP contribution in [0.25, 0.3) is 0 Å². The number of amides is 2. The van der Waals surface area contributed by atoms with Gasteiger partial charge in [0.1, 0.15) is 0 Å². The van der Waals surface area contributed by atoms with E-state index in [2.05, 4.69) is 6.92 Å². The maximum absolute atomic E-state index is 12.2. The molecule has 1 unspecified atom stereocenters. The molecule has 5 heteroatoms. The van der Waals surface area contributed by atoms with Gasteiger partial charge >= 0.3 is 12.0 Å². The van der Waals surface area contributed by atoms with Gasteiger partial charge in [-0.1, -0.05) is 13.3 Å². The third kappa shape index (κ3) is 5.49. The second-order valence-electron chi connectivity index (χ2n) is 5.39. The molecular formula is C14H26N2O3. The van der Waals surface area contributed by atoms with Crippen molar-refractivity contribution in [2.75, 3.05) is 26.7 Å². The van der Waals surface area contributed by atoms with Gasteiger partial charge in [-0.15, -0.1) is 0 Å².